The molecule has 0 fully saturated rings. The molecule has 3 heterocycles. The van der Waals surface area contributed by atoms with Crippen molar-refractivity contribution in [2.75, 3.05) is 5.32 Å². The Morgan fingerprint density at radius 3 is 2.89 bits per heavy atom. The van der Waals surface area contributed by atoms with Crippen LogP contribution in [-0.4, -0.2) is 30.9 Å². The molecule has 138 valence electrons. The number of fused-ring (bicyclic) bond motifs is 1. The lowest BCUT2D eigenvalue weighted by Gasteiger charge is -2.03. The van der Waals surface area contributed by atoms with Gasteiger partial charge in [-0.25, -0.2) is 4.98 Å². The van der Waals surface area contributed by atoms with Gasteiger partial charge in [-0.1, -0.05) is 0 Å². The molecule has 0 aliphatic carbocycles. The first-order valence-electron chi connectivity index (χ1n) is 8.48. The third-order valence-electron chi connectivity index (χ3n) is 4.03. The molecule has 0 unspecified atom stereocenters. The Balaban J connectivity index is 1.38. The van der Waals surface area contributed by atoms with E-state index in [1.54, 1.807) is 16.0 Å². The molecule has 3 aromatic heterocycles. The summed E-state index contributed by atoms with van der Waals surface area (Å²) in [4.78, 5) is 16.7. The van der Waals surface area contributed by atoms with E-state index < -0.39 is 0 Å². The van der Waals surface area contributed by atoms with E-state index in [2.05, 4.69) is 25.6 Å². The van der Waals surface area contributed by atoms with Gasteiger partial charge in [0.05, 0.1) is 20.9 Å². The lowest BCUT2D eigenvalue weighted by Crippen LogP contribution is -2.12. The number of benzene rings is 1. The number of nitrogens with zero attached hydrogens (tertiary/aromatic N) is 5. The van der Waals surface area contributed by atoms with Crippen LogP contribution in [0.3, 0.4) is 0 Å². The van der Waals surface area contributed by atoms with Gasteiger partial charge in [0, 0.05) is 25.6 Å². The fraction of sp³-hybridized carbons (Fsp3) is 0.278. The number of hydrogen-bond acceptors (Lipinski definition) is 7. The highest BCUT2D eigenvalue weighted by Crippen LogP contribution is 2.25. The lowest BCUT2D eigenvalue weighted by atomic mass is 10.2. The first-order valence-corrected chi connectivity index (χ1v) is 9.30. The van der Waals surface area contributed by atoms with E-state index in [4.69, 9.17) is 4.42 Å². The number of aromatic nitrogens is 5. The number of hydrogen-bond donors (Lipinski definition) is 1. The highest BCUT2D eigenvalue weighted by atomic mass is 32.1. The summed E-state index contributed by atoms with van der Waals surface area (Å²) < 4.78 is 8.40. The maximum absolute atomic E-state index is 12.2. The first kappa shape index (κ1) is 17.3. The zero-order valence-corrected chi connectivity index (χ0v) is 16.0. The van der Waals surface area contributed by atoms with E-state index in [0.29, 0.717) is 18.2 Å². The Bertz CT molecular complexity index is 1130. The lowest BCUT2D eigenvalue weighted by molar-refractivity contribution is -0.116. The van der Waals surface area contributed by atoms with E-state index in [0.717, 1.165) is 32.3 Å². The number of rotatable bonds is 5. The van der Waals surface area contributed by atoms with Gasteiger partial charge in [0.15, 0.2) is 0 Å². The van der Waals surface area contributed by atoms with Crippen LogP contribution in [0.2, 0.25) is 0 Å². The zero-order chi connectivity index (χ0) is 19.0. The van der Waals surface area contributed by atoms with Gasteiger partial charge in [0.1, 0.15) is 5.69 Å². The van der Waals surface area contributed by atoms with Gasteiger partial charge in [-0.3, -0.25) is 9.48 Å². The van der Waals surface area contributed by atoms with Crippen molar-refractivity contribution in [1.29, 1.82) is 0 Å². The average Bonchev–Trinajstić information content (AvgIpc) is 3.30. The van der Waals surface area contributed by atoms with Crippen molar-refractivity contribution in [1.82, 2.24) is 25.0 Å². The van der Waals surface area contributed by atoms with E-state index >= 15 is 0 Å². The van der Waals surface area contributed by atoms with Crippen LogP contribution in [0, 0.1) is 13.8 Å². The zero-order valence-electron chi connectivity index (χ0n) is 15.2. The van der Waals surface area contributed by atoms with Crippen molar-refractivity contribution in [2.24, 2.45) is 7.05 Å². The number of carbonyl (C=O) groups excluding carboxylic acids is 1. The molecule has 0 atom stereocenters. The van der Waals surface area contributed by atoms with Crippen LogP contribution < -0.4 is 5.32 Å². The van der Waals surface area contributed by atoms with E-state index in [9.17, 15) is 4.79 Å². The predicted molar refractivity (Wildman–Crippen MR) is 103 cm³/mol. The molecule has 27 heavy (non-hydrogen) atoms. The molecular weight excluding hydrogens is 364 g/mol. The van der Waals surface area contributed by atoms with Gasteiger partial charge >= 0.3 is 0 Å². The molecule has 0 aliphatic rings. The largest absolute Gasteiger partial charge is 0.419 e. The van der Waals surface area contributed by atoms with Gasteiger partial charge in [0.25, 0.3) is 5.89 Å². The second kappa shape index (κ2) is 6.92. The van der Waals surface area contributed by atoms with Gasteiger partial charge in [-0.2, -0.15) is 5.10 Å². The fourth-order valence-electron chi connectivity index (χ4n) is 2.83. The van der Waals surface area contributed by atoms with Crippen molar-refractivity contribution >= 4 is 33.1 Å². The minimum atomic E-state index is -0.105. The molecule has 0 spiro atoms. The van der Waals surface area contributed by atoms with Gasteiger partial charge < -0.3 is 9.73 Å². The second-order valence-corrected chi connectivity index (χ2v) is 7.49. The van der Waals surface area contributed by atoms with Crippen LogP contribution in [0.4, 0.5) is 5.69 Å². The molecule has 4 aromatic rings. The number of carbonyl (C=O) groups is 1. The Morgan fingerprint density at radius 1 is 1.26 bits per heavy atom. The Kier molecular flexibility index (Phi) is 4.44. The summed E-state index contributed by atoms with van der Waals surface area (Å²) in [7, 11) is 1.82. The van der Waals surface area contributed by atoms with Crippen molar-refractivity contribution in [3.05, 3.63) is 40.9 Å². The van der Waals surface area contributed by atoms with Gasteiger partial charge in [-0.15, -0.1) is 21.5 Å². The predicted octanol–water partition coefficient (Wildman–Crippen LogP) is 3.27. The number of thiazole rings is 1. The van der Waals surface area contributed by atoms with Crippen LogP contribution in [0.5, 0.6) is 0 Å². The van der Waals surface area contributed by atoms with Crippen molar-refractivity contribution in [3.8, 4) is 11.6 Å². The summed E-state index contributed by atoms with van der Waals surface area (Å²) in [5.74, 6) is 0.721. The van der Waals surface area contributed by atoms with Crippen LogP contribution in [0.15, 0.2) is 28.7 Å². The summed E-state index contributed by atoms with van der Waals surface area (Å²) in [6.45, 7) is 3.87. The minimum Gasteiger partial charge on any atom is -0.419 e. The molecule has 1 amide bonds. The first-order chi connectivity index (χ1) is 13.0. The maximum atomic E-state index is 12.2. The van der Waals surface area contributed by atoms with Crippen molar-refractivity contribution in [3.63, 3.8) is 0 Å². The molecule has 1 N–H and O–H groups in total. The fourth-order valence-corrected chi connectivity index (χ4v) is 3.70. The summed E-state index contributed by atoms with van der Waals surface area (Å²) in [5, 5.41) is 16.2. The second-order valence-electron chi connectivity index (χ2n) is 6.26. The molecule has 4 rings (SSSR count). The number of anilines is 1. The van der Waals surface area contributed by atoms with Crippen LogP contribution >= 0.6 is 11.3 Å². The Morgan fingerprint density at radius 2 is 2.11 bits per heavy atom. The SMILES string of the molecule is Cc1cc(-c2nnc(CCC(=O)Nc3ccc4nc(C)sc4c3)o2)n(C)n1. The number of amides is 1. The third-order valence-corrected chi connectivity index (χ3v) is 4.97. The van der Waals surface area contributed by atoms with E-state index in [1.165, 1.54) is 0 Å². The van der Waals surface area contributed by atoms with Gasteiger partial charge in [-0.05, 0) is 38.1 Å². The third kappa shape index (κ3) is 3.72. The smallest absolute Gasteiger partial charge is 0.265 e. The summed E-state index contributed by atoms with van der Waals surface area (Å²) in [5.41, 5.74) is 3.33. The Hall–Kier alpha value is -3.07. The molecule has 8 nitrogen and oxygen atoms in total. The molecule has 0 aliphatic heterocycles. The van der Waals surface area contributed by atoms with Crippen LogP contribution in [0.1, 0.15) is 23.0 Å². The minimum absolute atomic E-state index is 0.105. The molecule has 0 saturated carbocycles. The van der Waals surface area contributed by atoms with Crippen molar-refractivity contribution < 1.29 is 9.21 Å². The topological polar surface area (TPSA) is 98.7 Å². The monoisotopic (exact) mass is 382 g/mol. The molecule has 0 radical (unpaired) electrons. The number of nitrogens with one attached hydrogen (secondary N) is 1. The highest BCUT2D eigenvalue weighted by Gasteiger charge is 2.14. The molecule has 1 aromatic carbocycles. The summed E-state index contributed by atoms with van der Waals surface area (Å²) in [6, 6.07) is 7.58. The van der Waals surface area contributed by atoms with Crippen LogP contribution in [-0.2, 0) is 18.3 Å². The van der Waals surface area contributed by atoms with Crippen LogP contribution in [0.25, 0.3) is 21.8 Å². The normalized spacial score (nSPS) is 11.2. The highest BCUT2D eigenvalue weighted by molar-refractivity contribution is 7.18. The van der Waals surface area contributed by atoms with Gasteiger partial charge in [0.2, 0.25) is 11.8 Å². The van der Waals surface area contributed by atoms with Crippen molar-refractivity contribution in [2.45, 2.75) is 26.7 Å². The summed E-state index contributed by atoms with van der Waals surface area (Å²) in [6.07, 6.45) is 0.628. The standard InChI is InChI=1S/C18H18N6O2S/c1-10-8-14(24(3)23-10)18-22-21-17(26-18)7-6-16(25)20-12-4-5-13-15(9-12)27-11(2)19-13/h4-5,8-9H,6-7H2,1-3H3,(H,20,25). The van der Waals surface area contributed by atoms with E-state index in [1.807, 2.05) is 45.2 Å². The quantitative estimate of drug-likeness (QED) is 0.569. The maximum Gasteiger partial charge on any atom is 0.265 e. The average molecular weight is 382 g/mol. The Labute approximate surface area is 159 Å². The molecular formula is C18H18N6O2S. The molecule has 0 bridgehead atoms. The molecule has 0 saturated heterocycles. The van der Waals surface area contributed by atoms with E-state index in [-0.39, 0.29) is 12.3 Å². The molecule has 9 heteroatoms. The number of aryl methyl sites for hydroxylation is 4. The summed E-state index contributed by atoms with van der Waals surface area (Å²) >= 11 is 1.60.